The number of nitrogens with one attached hydrogen (secondary N) is 3. The second-order valence-corrected chi connectivity index (χ2v) is 4.06. The third-order valence-electron chi connectivity index (χ3n) is 2.40. The molecule has 7 heteroatoms. The molecule has 0 bridgehead atoms. The molecule has 1 amide bonds. The molecule has 0 radical (unpaired) electrons. The maximum atomic E-state index is 11.7. The maximum absolute atomic E-state index is 11.7. The van der Waals surface area contributed by atoms with E-state index in [9.17, 15) is 9.59 Å². The molecule has 94 valence electrons. The quantitative estimate of drug-likeness (QED) is 0.600. The number of aromatic nitrogens is 2. The molecule has 1 heterocycles. The fourth-order valence-corrected chi connectivity index (χ4v) is 1.79. The van der Waals surface area contributed by atoms with Crippen LogP contribution in [0.15, 0.2) is 23.0 Å². The molecule has 0 fully saturated rings. The van der Waals surface area contributed by atoms with Crippen molar-refractivity contribution in [3.8, 4) is 0 Å². The van der Waals surface area contributed by atoms with Gasteiger partial charge in [0.1, 0.15) is 0 Å². The van der Waals surface area contributed by atoms with Gasteiger partial charge >= 0.3 is 0 Å². The summed E-state index contributed by atoms with van der Waals surface area (Å²) in [7, 11) is 0. The predicted octanol–water partition coefficient (Wildman–Crippen LogP) is 0.308. The van der Waals surface area contributed by atoms with Crippen molar-refractivity contribution in [3.05, 3.63) is 38.9 Å². The van der Waals surface area contributed by atoms with Crippen molar-refractivity contribution >= 4 is 29.0 Å². The van der Waals surface area contributed by atoms with E-state index in [1.54, 1.807) is 18.2 Å². The summed E-state index contributed by atoms with van der Waals surface area (Å²) in [4.78, 5) is 28.5. The van der Waals surface area contributed by atoms with E-state index in [0.717, 1.165) is 0 Å². The highest BCUT2D eigenvalue weighted by Gasteiger charge is 2.07. The number of carbonyl (C=O) groups excluding carboxylic acids is 1. The summed E-state index contributed by atoms with van der Waals surface area (Å²) in [5, 5.41) is 11.6. The highest BCUT2D eigenvalue weighted by atomic mass is 32.1. The van der Waals surface area contributed by atoms with Crippen molar-refractivity contribution in [2.45, 2.75) is 0 Å². The Kier molecular flexibility index (Phi) is 3.54. The van der Waals surface area contributed by atoms with Crippen LogP contribution in [0.2, 0.25) is 0 Å². The molecule has 2 aromatic rings. The largest absolute Gasteiger partial charge is 0.395 e. The minimum Gasteiger partial charge on any atom is -0.395 e. The first-order chi connectivity index (χ1) is 8.61. The molecule has 0 saturated heterocycles. The smallest absolute Gasteiger partial charge is 0.259 e. The van der Waals surface area contributed by atoms with Crippen LogP contribution in [0.1, 0.15) is 10.4 Å². The summed E-state index contributed by atoms with van der Waals surface area (Å²) in [5.41, 5.74) is 0.601. The number of H-pyrrole nitrogens is 2. The Morgan fingerprint density at radius 2 is 2.17 bits per heavy atom. The fourth-order valence-electron chi connectivity index (χ4n) is 1.58. The lowest BCUT2D eigenvalue weighted by Gasteiger charge is -2.04. The number of hydrogen-bond donors (Lipinski definition) is 4. The van der Waals surface area contributed by atoms with E-state index >= 15 is 0 Å². The zero-order valence-corrected chi connectivity index (χ0v) is 10.1. The van der Waals surface area contributed by atoms with Gasteiger partial charge in [0.25, 0.3) is 11.5 Å². The number of rotatable bonds is 3. The van der Waals surface area contributed by atoms with E-state index in [0.29, 0.717) is 16.5 Å². The number of aliphatic hydroxyl groups is 1. The van der Waals surface area contributed by atoms with Crippen molar-refractivity contribution < 1.29 is 9.90 Å². The molecule has 18 heavy (non-hydrogen) atoms. The molecule has 0 aliphatic heterocycles. The Hall–Kier alpha value is -1.99. The van der Waals surface area contributed by atoms with Crippen LogP contribution in [0, 0.1) is 4.77 Å². The maximum Gasteiger partial charge on any atom is 0.259 e. The number of benzene rings is 1. The van der Waals surface area contributed by atoms with Gasteiger partial charge in [0, 0.05) is 12.1 Å². The monoisotopic (exact) mass is 265 g/mol. The van der Waals surface area contributed by atoms with Crippen LogP contribution in [-0.2, 0) is 0 Å². The van der Waals surface area contributed by atoms with Gasteiger partial charge in [-0.2, -0.15) is 0 Å². The Balaban J connectivity index is 2.47. The molecule has 0 aliphatic rings. The first-order valence-electron chi connectivity index (χ1n) is 5.27. The predicted molar refractivity (Wildman–Crippen MR) is 69.2 cm³/mol. The number of carbonyl (C=O) groups is 1. The molecule has 0 spiro atoms. The number of aromatic amines is 2. The SMILES string of the molecule is O=C(NCCO)c1ccc2c(=O)[nH]c(=S)[nH]c2c1. The Morgan fingerprint density at radius 1 is 1.39 bits per heavy atom. The number of hydrogen-bond acceptors (Lipinski definition) is 4. The highest BCUT2D eigenvalue weighted by molar-refractivity contribution is 7.71. The molecule has 0 saturated carbocycles. The van der Waals surface area contributed by atoms with Gasteiger partial charge in [-0.25, -0.2) is 0 Å². The lowest BCUT2D eigenvalue weighted by molar-refractivity contribution is 0.0945. The van der Waals surface area contributed by atoms with Gasteiger partial charge in [0.2, 0.25) is 0 Å². The minimum atomic E-state index is -0.314. The molecule has 0 aliphatic carbocycles. The molecule has 0 atom stereocenters. The molecule has 6 nitrogen and oxygen atoms in total. The van der Waals surface area contributed by atoms with Gasteiger partial charge < -0.3 is 15.4 Å². The summed E-state index contributed by atoms with van der Waals surface area (Å²) in [5.74, 6) is -0.314. The third kappa shape index (κ3) is 2.47. The van der Waals surface area contributed by atoms with E-state index in [4.69, 9.17) is 17.3 Å². The average molecular weight is 265 g/mol. The molecule has 2 rings (SSSR count). The lowest BCUT2D eigenvalue weighted by atomic mass is 10.1. The Bertz CT molecular complexity index is 704. The first-order valence-corrected chi connectivity index (χ1v) is 5.68. The van der Waals surface area contributed by atoms with Crippen LogP contribution in [0.5, 0.6) is 0 Å². The number of amides is 1. The zero-order valence-electron chi connectivity index (χ0n) is 9.32. The Morgan fingerprint density at radius 3 is 2.89 bits per heavy atom. The van der Waals surface area contributed by atoms with Crippen molar-refractivity contribution in [1.82, 2.24) is 15.3 Å². The van der Waals surface area contributed by atoms with Gasteiger partial charge in [0.05, 0.1) is 17.5 Å². The zero-order chi connectivity index (χ0) is 13.1. The van der Waals surface area contributed by atoms with E-state index in [-0.39, 0.29) is 29.4 Å². The van der Waals surface area contributed by atoms with Crippen molar-refractivity contribution in [2.75, 3.05) is 13.2 Å². The summed E-state index contributed by atoms with van der Waals surface area (Å²) in [6.45, 7) is 0.0592. The first kappa shape index (κ1) is 12.5. The van der Waals surface area contributed by atoms with Crippen LogP contribution in [0.25, 0.3) is 10.9 Å². The van der Waals surface area contributed by atoms with Gasteiger partial charge in [-0.05, 0) is 30.4 Å². The molecular weight excluding hydrogens is 254 g/mol. The third-order valence-corrected chi connectivity index (χ3v) is 2.60. The normalized spacial score (nSPS) is 10.5. The summed E-state index contributed by atoms with van der Waals surface area (Å²) >= 11 is 4.86. The molecule has 1 aromatic heterocycles. The van der Waals surface area contributed by atoms with Crippen molar-refractivity contribution in [3.63, 3.8) is 0 Å². The van der Waals surface area contributed by atoms with Crippen molar-refractivity contribution in [1.29, 1.82) is 0 Å². The standard InChI is InChI=1S/C11H11N3O3S/c15-4-3-12-9(16)6-1-2-7-8(5-6)13-11(18)14-10(7)17/h1-2,5,15H,3-4H2,(H,12,16)(H2,13,14,17,18). The van der Waals surface area contributed by atoms with Crippen LogP contribution >= 0.6 is 12.2 Å². The van der Waals surface area contributed by atoms with Gasteiger partial charge in [-0.15, -0.1) is 0 Å². The molecule has 4 N–H and O–H groups in total. The van der Waals surface area contributed by atoms with Crippen LogP contribution in [0.3, 0.4) is 0 Å². The average Bonchev–Trinajstić information content (AvgIpc) is 2.34. The van der Waals surface area contributed by atoms with Crippen LogP contribution in [0.4, 0.5) is 0 Å². The summed E-state index contributed by atoms with van der Waals surface area (Å²) < 4.78 is 0.209. The second-order valence-electron chi connectivity index (χ2n) is 3.65. The number of fused-ring (bicyclic) bond motifs is 1. The summed E-state index contributed by atoms with van der Waals surface area (Å²) in [6.07, 6.45) is 0. The van der Waals surface area contributed by atoms with E-state index in [2.05, 4.69) is 15.3 Å². The van der Waals surface area contributed by atoms with Crippen molar-refractivity contribution in [2.24, 2.45) is 0 Å². The van der Waals surface area contributed by atoms with E-state index in [1.807, 2.05) is 0 Å². The minimum absolute atomic E-state index is 0.124. The highest BCUT2D eigenvalue weighted by Crippen LogP contribution is 2.09. The van der Waals surface area contributed by atoms with Gasteiger partial charge in [0.15, 0.2) is 4.77 Å². The molecule has 0 unspecified atom stereocenters. The second kappa shape index (κ2) is 5.11. The molecule has 1 aromatic carbocycles. The van der Waals surface area contributed by atoms with Gasteiger partial charge in [-0.1, -0.05) is 0 Å². The topological polar surface area (TPSA) is 98.0 Å². The van der Waals surface area contributed by atoms with Crippen LogP contribution < -0.4 is 10.9 Å². The summed E-state index contributed by atoms with van der Waals surface area (Å²) in [6, 6.07) is 4.64. The van der Waals surface area contributed by atoms with E-state index < -0.39 is 0 Å². The van der Waals surface area contributed by atoms with E-state index in [1.165, 1.54) is 0 Å². The fraction of sp³-hybridized carbons (Fsp3) is 0.182. The van der Waals surface area contributed by atoms with Crippen LogP contribution in [-0.4, -0.2) is 34.1 Å². The number of aliphatic hydroxyl groups excluding tert-OH is 1. The van der Waals surface area contributed by atoms with Gasteiger partial charge in [-0.3, -0.25) is 14.6 Å². The molecular formula is C11H11N3O3S. The lowest BCUT2D eigenvalue weighted by Crippen LogP contribution is -2.26. The Labute approximate surface area is 107 Å².